The second-order valence-electron chi connectivity index (χ2n) is 3.99. The number of nitrogens with one attached hydrogen (secondary N) is 1. The standard InChI is InChI=1S/C13H16N2OS/c1-10(13-8-17-9-15-13)14-6-11-3-2-4-12(5-11)7-16/h2-5,8-10,14,16H,6-7H2,1H3. The number of aliphatic hydroxyl groups excluding tert-OH is 1. The Hall–Kier alpha value is -1.23. The van der Waals surface area contributed by atoms with Crippen LogP contribution in [0.15, 0.2) is 35.2 Å². The molecule has 1 aromatic heterocycles. The van der Waals surface area contributed by atoms with Gasteiger partial charge in [0.1, 0.15) is 0 Å². The van der Waals surface area contributed by atoms with E-state index >= 15 is 0 Å². The summed E-state index contributed by atoms with van der Waals surface area (Å²) in [6.07, 6.45) is 0. The molecule has 0 radical (unpaired) electrons. The molecule has 0 saturated carbocycles. The van der Waals surface area contributed by atoms with Gasteiger partial charge in [-0.15, -0.1) is 11.3 Å². The molecule has 1 atom stereocenters. The van der Waals surface area contributed by atoms with E-state index < -0.39 is 0 Å². The lowest BCUT2D eigenvalue weighted by Gasteiger charge is -2.11. The van der Waals surface area contributed by atoms with E-state index in [4.69, 9.17) is 5.11 Å². The van der Waals surface area contributed by atoms with Gasteiger partial charge in [-0.1, -0.05) is 24.3 Å². The quantitative estimate of drug-likeness (QED) is 0.854. The van der Waals surface area contributed by atoms with E-state index in [1.54, 1.807) is 11.3 Å². The molecular weight excluding hydrogens is 232 g/mol. The van der Waals surface area contributed by atoms with Crippen molar-refractivity contribution >= 4 is 11.3 Å². The molecule has 0 aliphatic rings. The van der Waals surface area contributed by atoms with E-state index in [1.165, 1.54) is 5.56 Å². The van der Waals surface area contributed by atoms with Gasteiger partial charge in [-0.25, -0.2) is 4.98 Å². The molecule has 0 fully saturated rings. The monoisotopic (exact) mass is 248 g/mol. The Morgan fingerprint density at radius 3 is 2.94 bits per heavy atom. The average molecular weight is 248 g/mol. The molecule has 0 amide bonds. The predicted molar refractivity (Wildman–Crippen MR) is 69.7 cm³/mol. The van der Waals surface area contributed by atoms with Gasteiger partial charge >= 0.3 is 0 Å². The fourth-order valence-electron chi connectivity index (χ4n) is 1.65. The minimum Gasteiger partial charge on any atom is -0.392 e. The number of benzene rings is 1. The third-order valence-corrected chi connectivity index (χ3v) is 3.29. The normalized spacial score (nSPS) is 12.6. The number of thiazole rings is 1. The van der Waals surface area contributed by atoms with E-state index in [0.717, 1.165) is 17.8 Å². The first-order chi connectivity index (χ1) is 8.29. The summed E-state index contributed by atoms with van der Waals surface area (Å²) >= 11 is 1.61. The molecular formula is C13H16N2OS. The summed E-state index contributed by atoms with van der Waals surface area (Å²) in [5.41, 5.74) is 5.05. The Morgan fingerprint density at radius 2 is 2.24 bits per heavy atom. The first-order valence-electron chi connectivity index (χ1n) is 5.59. The first-order valence-corrected chi connectivity index (χ1v) is 6.54. The molecule has 2 rings (SSSR count). The van der Waals surface area contributed by atoms with Crippen molar-refractivity contribution in [2.24, 2.45) is 0 Å². The van der Waals surface area contributed by atoms with Crippen LogP contribution in [0, 0.1) is 0 Å². The van der Waals surface area contributed by atoms with Gasteiger partial charge in [-0.05, 0) is 18.1 Å². The molecule has 0 saturated heterocycles. The minimum absolute atomic E-state index is 0.0927. The highest BCUT2D eigenvalue weighted by Gasteiger charge is 2.06. The van der Waals surface area contributed by atoms with Gasteiger partial charge in [0.15, 0.2) is 0 Å². The summed E-state index contributed by atoms with van der Waals surface area (Å²) in [5, 5.41) is 14.5. The first kappa shape index (κ1) is 12.2. The van der Waals surface area contributed by atoms with E-state index in [0.29, 0.717) is 0 Å². The highest BCUT2D eigenvalue weighted by atomic mass is 32.1. The fourth-order valence-corrected chi connectivity index (χ4v) is 2.30. The van der Waals surface area contributed by atoms with Crippen LogP contribution in [0.25, 0.3) is 0 Å². The summed E-state index contributed by atoms with van der Waals surface area (Å²) in [5.74, 6) is 0. The van der Waals surface area contributed by atoms with Crippen molar-refractivity contribution < 1.29 is 5.11 Å². The largest absolute Gasteiger partial charge is 0.392 e. The van der Waals surface area contributed by atoms with Gasteiger partial charge < -0.3 is 10.4 Å². The second-order valence-corrected chi connectivity index (χ2v) is 4.71. The third kappa shape index (κ3) is 3.36. The van der Waals surface area contributed by atoms with Crippen molar-refractivity contribution in [1.29, 1.82) is 0 Å². The van der Waals surface area contributed by atoms with Crippen LogP contribution in [0.2, 0.25) is 0 Å². The molecule has 90 valence electrons. The Bertz CT molecular complexity index is 456. The predicted octanol–water partition coefficient (Wildman–Crippen LogP) is 2.49. The topological polar surface area (TPSA) is 45.1 Å². The molecule has 17 heavy (non-hydrogen) atoms. The van der Waals surface area contributed by atoms with Crippen molar-refractivity contribution in [3.63, 3.8) is 0 Å². The van der Waals surface area contributed by atoms with Crippen molar-refractivity contribution in [2.45, 2.75) is 26.1 Å². The van der Waals surface area contributed by atoms with Crippen molar-refractivity contribution in [3.05, 3.63) is 52.0 Å². The molecule has 1 unspecified atom stereocenters. The second kappa shape index (κ2) is 5.91. The summed E-state index contributed by atoms with van der Waals surface area (Å²) < 4.78 is 0. The average Bonchev–Trinajstić information content (AvgIpc) is 2.90. The summed E-state index contributed by atoms with van der Waals surface area (Å²) in [7, 11) is 0. The van der Waals surface area contributed by atoms with E-state index in [9.17, 15) is 0 Å². The Kier molecular flexibility index (Phi) is 4.25. The lowest BCUT2D eigenvalue weighted by molar-refractivity contribution is 0.281. The lowest BCUT2D eigenvalue weighted by atomic mass is 10.1. The maximum atomic E-state index is 9.06. The summed E-state index contributed by atoms with van der Waals surface area (Å²) in [6.45, 7) is 2.98. The van der Waals surface area contributed by atoms with Gasteiger partial charge in [-0.2, -0.15) is 0 Å². The van der Waals surface area contributed by atoms with Crippen LogP contribution in [0.1, 0.15) is 29.8 Å². The zero-order chi connectivity index (χ0) is 12.1. The van der Waals surface area contributed by atoms with Crippen LogP contribution >= 0.6 is 11.3 Å². The molecule has 4 heteroatoms. The molecule has 1 heterocycles. The molecule has 2 N–H and O–H groups in total. The zero-order valence-corrected chi connectivity index (χ0v) is 10.6. The molecule has 2 aromatic rings. The maximum absolute atomic E-state index is 9.06. The number of hydrogen-bond acceptors (Lipinski definition) is 4. The Balaban J connectivity index is 1.93. The molecule has 3 nitrogen and oxygen atoms in total. The number of aromatic nitrogens is 1. The summed E-state index contributed by atoms with van der Waals surface area (Å²) in [6, 6.07) is 8.21. The van der Waals surface area contributed by atoms with Crippen LogP contribution in [0.4, 0.5) is 0 Å². The van der Waals surface area contributed by atoms with E-state index in [-0.39, 0.29) is 12.6 Å². The van der Waals surface area contributed by atoms with E-state index in [1.807, 2.05) is 23.7 Å². The SMILES string of the molecule is CC(NCc1cccc(CO)c1)c1cscn1. The van der Waals surface area contributed by atoms with Crippen LogP contribution in [0.3, 0.4) is 0 Å². The summed E-state index contributed by atoms with van der Waals surface area (Å²) in [4.78, 5) is 4.28. The van der Waals surface area contributed by atoms with E-state index in [2.05, 4.69) is 28.7 Å². The number of hydrogen-bond donors (Lipinski definition) is 2. The van der Waals surface area contributed by atoms with Gasteiger partial charge in [0.2, 0.25) is 0 Å². The minimum atomic E-state index is 0.0927. The smallest absolute Gasteiger partial charge is 0.0795 e. The molecule has 0 aliphatic heterocycles. The highest BCUT2D eigenvalue weighted by molar-refractivity contribution is 7.07. The third-order valence-electron chi connectivity index (χ3n) is 2.68. The zero-order valence-electron chi connectivity index (χ0n) is 9.76. The fraction of sp³-hybridized carbons (Fsp3) is 0.308. The van der Waals surface area contributed by atoms with Crippen molar-refractivity contribution in [2.75, 3.05) is 0 Å². The highest BCUT2D eigenvalue weighted by Crippen LogP contribution is 2.13. The number of nitrogens with zero attached hydrogens (tertiary/aromatic N) is 1. The molecule has 0 bridgehead atoms. The van der Waals surface area contributed by atoms with Crippen molar-refractivity contribution in [1.82, 2.24) is 10.3 Å². The van der Waals surface area contributed by atoms with Gasteiger partial charge in [-0.3, -0.25) is 0 Å². The molecule has 1 aromatic carbocycles. The Morgan fingerprint density at radius 1 is 1.41 bits per heavy atom. The van der Waals surface area contributed by atoms with Crippen LogP contribution < -0.4 is 5.32 Å². The van der Waals surface area contributed by atoms with Crippen LogP contribution in [-0.4, -0.2) is 10.1 Å². The molecule has 0 aliphatic carbocycles. The van der Waals surface area contributed by atoms with Crippen molar-refractivity contribution in [3.8, 4) is 0 Å². The van der Waals surface area contributed by atoms with Crippen LogP contribution in [0.5, 0.6) is 0 Å². The lowest BCUT2D eigenvalue weighted by Crippen LogP contribution is -2.18. The Labute approximate surface area is 105 Å². The molecule has 0 spiro atoms. The number of aliphatic hydroxyl groups is 1. The van der Waals surface area contributed by atoms with Gasteiger partial charge in [0.05, 0.1) is 17.8 Å². The van der Waals surface area contributed by atoms with Gasteiger partial charge in [0, 0.05) is 18.0 Å². The maximum Gasteiger partial charge on any atom is 0.0795 e. The van der Waals surface area contributed by atoms with Gasteiger partial charge in [0.25, 0.3) is 0 Å². The number of rotatable bonds is 5. The van der Waals surface area contributed by atoms with Crippen LogP contribution in [-0.2, 0) is 13.2 Å².